The molecule has 6 saturated heterocycles. The Morgan fingerprint density at radius 3 is 2.49 bits per heavy atom. The molecule has 0 unspecified atom stereocenters. The van der Waals surface area contributed by atoms with Crippen LogP contribution in [0.3, 0.4) is 0 Å². The molecule has 2 aromatic carbocycles. The number of ether oxygens (including phenoxy) is 2. The average Bonchev–Trinajstić information content (AvgIpc) is 2.09. The summed E-state index contributed by atoms with van der Waals surface area (Å²) in [7, 11) is 1.71. The van der Waals surface area contributed by atoms with Gasteiger partial charge in [0, 0.05) is 111 Å². The summed E-state index contributed by atoms with van der Waals surface area (Å²) >= 11 is 0. The number of piperidine rings is 1. The molecule has 16 nitrogen and oxygen atoms in total. The van der Waals surface area contributed by atoms with Gasteiger partial charge in [0.15, 0.2) is 0 Å². The van der Waals surface area contributed by atoms with Gasteiger partial charge in [0.1, 0.15) is 18.1 Å². The molecule has 2 aliphatic carbocycles. The first-order valence-electron chi connectivity index (χ1n) is 32.0. The minimum atomic E-state index is -2.81. The number of esters is 1. The SMILES string of the molecule is CCn1c(-c2cc(N3CCN4CCCC[C@@H]4C3)cnc2[C@H](C)OC)c2c3cc(ccc31)-c1cc(cc(C(F)F)c1)C[C@H](NC(=O)[C@H](C1CCCC1)N1CC[C@]3(CCN(C(=O)[C@@H]4N[C@@H]4C4CC4)C3)C1)C(=O)N1CCC[C@H](N1)C(=O)OCC(C)(C)C2. The first-order valence-corrected chi connectivity index (χ1v) is 32.0. The number of piperazine rings is 1. The first-order chi connectivity index (χ1) is 40.6. The minimum absolute atomic E-state index is 0.0570. The van der Waals surface area contributed by atoms with Crippen molar-refractivity contribution in [3.8, 4) is 22.4 Å². The second-order valence-corrected chi connectivity index (χ2v) is 27.5. The maximum absolute atomic E-state index is 15.4. The van der Waals surface area contributed by atoms with Crippen molar-refractivity contribution in [3.63, 3.8) is 0 Å². The molecule has 7 aliphatic heterocycles. The van der Waals surface area contributed by atoms with Crippen molar-refractivity contribution in [1.29, 1.82) is 0 Å². The van der Waals surface area contributed by atoms with E-state index >= 15 is 18.4 Å². The Morgan fingerprint density at radius 1 is 0.893 bits per heavy atom. The van der Waals surface area contributed by atoms with Gasteiger partial charge in [-0.1, -0.05) is 51.3 Å². The lowest BCUT2D eigenvalue weighted by atomic mass is 9.84. The highest BCUT2D eigenvalue weighted by Gasteiger charge is 2.55. The number of nitrogens with zero attached hydrogens (tertiary/aromatic N) is 7. The average molecular weight is 1160 g/mol. The summed E-state index contributed by atoms with van der Waals surface area (Å²) in [6, 6.07) is 11.7. The normalized spacial score (nSPS) is 28.7. The number of halogens is 2. The van der Waals surface area contributed by atoms with Crippen LogP contribution in [-0.4, -0.2) is 162 Å². The number of methoxy groups -OCH3 is 1. The number of hydrogen-bond donors (Lipinski definition) is 3. The molecule has 3 amide bonds. The molecular weight excluding hydrogens is 1070 g/mol. The van der Waals surface area contributed by atoms with E-state index in [4.69, 9.17) is 14.5 Å². The highest BCUT2D eigenvalue weighted by atomic mass is 19.3. The number of aryl methyl sites for hydroxylation is 1. The number of cyclic esters (lactones) is 1. The van der Waals surface area contributed by atoms with Crippen molar-refractivity contribution >= 4 is 40.3 Å². The summed E-state index contributed by atoms with van der Waals surface area (Å²) in [5.41, 5.74) is 10.00. The number of anilines is 1. The molecule has 9 aliphatic rings. The van der Waals surface area contributed by atoms with Gasteiger partial charge in [-0.3, -0.25) is 44.3 Å². The largest absolute Gasteiger partial charge is 0.464 e. The van der Waals surface area contributed by atoms with E-state index in [9.17, 15) is 9.59 Å². The molecular formula is C66H88F2N10O6. The number of aromatic nitrogens is 2. The van der Waals surface area contributed by atoms with Crippen molar-refractivity contribution in [2.45, 2.75) is 179 Å². The Labute approximate surface area is 494 Å². The topological polar surface area (TPSA) is 167 Å². The first kappa shape index (κ1) is 57.5. The van der Waals surface area contributed by atoms with Crippen LogP contribution in [0.5, 0.6) is 0 Å². The quantitative estimate of drug-likeness (QED) is 0.0915. The predicted octanol–water partition coefficient (Wildman–Crippen LogP) is 8.59. The van der Waals surface area contributed by atoms with Crippen LogP contribution < -0.4 is 21.0 Å². The third-order valence-electron chi connectivity index (χ3n) is 21.0. The minimum Gasteiger partial charge on any atom is -0.464 e. The predicted molar refractivity (Wildman–Crippen MR) is 319 cm³/mol. The maximum Gasteiger partial charge on any atom is 0.324 e. The highest BCUT2D eigenvalue weighted by molar-refractivity contribution is 5.96. The van der Waals surface area contributed by atoms with Crippen LogP contribution in [0.25, 0.3) is 33.3 Å². The molecule has 6 bridgehead atoms. The van der Waals surface area contributed by atoms with Crippen LogP contribution >= 0.6 is 0 Å². The number of amides is 3. The fourth-order valence-electron chi connectivity index (χ4n) is 16.1. The molecule has 9 heterocycles. The van der Waals surface area contributed by atoms with Crippen LogP contribution in [0.2, 0.25) is 0 Å². The van der Waals surface area contributed by atoms with E-state index in [1.54, 1.807) is 13.2 Å². The number of carbonyl (C=O) groups is 4. The standard InChI is InChI=1S/C66H88F2N10O6/c1-6-77-54-19-18-44-32-49(54)51(59(77)50-33-48(35-69-55(50)40(2)83-5)74-27-26-73-22-10-9-14-47(73)36-74)34-65(3,4)39-84-64(82)52-15-11-23-78(72-52)62(80)53(30-41-28-45(44)31-46(29-41)60(67)68)70-61(79)58(43-12-7-8-13-43)75-24-20-66(37-75)21-25-76(38-66)63(81)57-56(71-57)42-16-17-42/h18-19,28-29,31-33,35,40,42-43,47,52-53,56-58,60,71-72H,6-17,20-27,30,34,36-39H2,1-5H3,(H,70,79)/t40-,47+,52-,53-,56+,57+,58-,66-/m0/s1. The second-order valence-electron chi connectivity index (χ2n) is 27.5. The zero-order valence-corrected chi connectivity index (χ0v) is 50.1. The zero-order chi connectivity index (χ0) is 58.2. The highest BCUT2D eigenvalue weighted by Crippen LogP contribution is 2.47. The second kappa shape index (κ2) is 23.3. The summed E-state index contributed by atoms with van der Waals surface area (Å²) in [5.74, 6) is -0.236. The van der Waals surface area contributed by atoms with E-state index in [-0.39, 0.29) is 60.4 Å². The van der Waals surface area contributed by atoms with E-state index in [1.165, 1.54) is 43.2 Å². The van der Waals surface area contributed by atoms with E-state index in [0.717, 1.165) is 116 Å². The monoisotopic (exact) mass is 1150 g/mol. The molecule has 18 heteroatoms. The number of alkyl halides is 2. The van der Waals surface area contributed by atoms with Gasteiger partial charge in [-0.05, 0) is 156 Å². The number of likely N-dealkylation sites (tertiary alicyclic amines) is 2. The summed E-state index contributed by atoms with van der Waals surface area (Å²) in [6.07, 6.45) is 11.9. The van der Waals surface area contributed by atoms with Crippen molar-refractivity contribution in [3.05, 3.63) is 71.0 Å². The van der Waals surface area contributed by atoms with Crippen LogP contribution in [0.1, 0.15) is 146 Å². The lowest BCUT2D eigenvalue weighted by Crippen LogP contribution is -2.62. The summed E-state index contributed by atoms with van der Waals surface area (Å²) in [6.45, 7) is 16.2. The Balaban J connectivity index is 0.865. The number of hydrogen-bond acceptors (Lipinski definition) is 12. The van der Waals surface area contributed by atoms with Gasteiger partial charge in [-0.25, -0.2) is 14.2 Å². The third kappa shape index (κ3) is 11.4. The van der Waals surface area contributed by atoms with Crippen molar-refractivity contribution < 1.29 is 37.4 Å². The van der Waals surface area contributed by atoms with Gasteiger partial charge < -0.3 is 29.2 Å². The van der Waals surface area contributed by atoms with Crippen molar-refractivity contribution in [2.75, 3.05) is 77.5 Å². The Bertz CT molecular complexity index is 3160. The van der Waals surface area contributed by atoms with Gasteiger partial charge in [0.05, 0.1) is 42.0 Å². The van der Waals surface area contributed by atoms with Gasteiger partial charge in [0.25, 0.3) is 12.3 Å². The number of hydrazine groups is 1. The van der Waals surface area contributed by atoms with Gasteiger partial charge in [-0.15, -0.1) is 0 Å². The summed E-state index contributed by atoms with van der Waals surface area (Å²) < 4.78 is 45.6. The van der Waals surface area contributed by atoms with Crippen molar-refractivity contribution in [1.82, 2.24) is 45.3 Å². The molecule has 13 rings (SSSR count). The molecule has 2 saturated carbocycles. The summed E-state index contributed by atoms with van der Waals surface area (Å²) in [5, 5.41) is 9.13. The summed E-state index contributed by atoms with van der Waals surface area (Å²) in [4.78, 5) is 73.4. The van der Waals surface area contributed by atoms with Crippen LogP contribution in [-0.2, 0) is 48.0 Å². The van der Waals surface area contributed by atoms with E-state index < -0.39 is 41.8 Å². The third-order valence-corrected chi connectivity index (χ3v) is 21.0. The van der Waals surface area contributed by atoms with Crippen LogP contribution in [0.15, 0.2) is 48.7 Å². The molecule has 3 N–H and O–H groups in total. The van der Waals surface area contributed by atoms with Gasteiger partial charge >= 0.3 is 5.97 Å². The molecule has 0 radical (unpaired) electrons. The number of nitrogens with one attached hydrogen (secondary N) is 3. The lowest BCUT2D eigenvalue weighted by molar-refractivity contribution is -0.155. The van der Waals surface area contributed by atoms with Gasteiger partial charge in [0.2, 0.25) is 11.8 Å². The Kier molecular flexibility index (Phi) is 16.0. The van der Waals surface area contributed by atoms with Crippen LogP contribution in [0.4, 0.5) is 14.5 Å². The fraction of sp³-hybridized carbons (Fsp3) is 0.652. The fourth-order valence-corrected chi connectivity index (χ4v) is 16.1. The molecule has 2 aromatic heterocycles. The molecule has 8 atom stereocenters. The Morgan fingerprint density at radius 2 is 1.70 bits per heavy atom. The number of carbonyl (C=O) groups excluding carboxylic acids is 4. The van der Waals surface area contributed by atoms with E-state index in [1.807, 2.05) is 25.3 Å². The van der Waals surface area contributed by atoms with Crippen LogP contribution in [0, 0.1) is 22.7 Å². The molecule has 8 fully saturated rings. The Hall–Kier alpha value is -5.53. The number of rotatable bonds is 12. The maximum atomic E-state index is 15.4. The number of benzene rings is 2. The van der Waals surface area contributed by atoms with Crippen molar-refractivity contribution in [2.24, 2.45) is 22.7 Å². The van der Waals surface area contributed by atoms with Gasteiger partial charge in [-0.2, -0.15) is 0 Å². The van der Waals surface area contributed by atoms with E-state index in [0.29, 0.717) is 74.6 Å². The number of fused-ring (bicyclic) bond motifs is 7. The molecule has 452 valence electrons. The zero-order valence-electron chi connectivity index (χ0n) is 50.1. The van der Waals surface area contributed by atoms with E-state index in [2.05, 4.69) is 79.2 Å². The lowest BCUT2D eigenvalue weighted by Gasteiger charge is -2.45. The molecule has 4 aromatic rings. The molecule has 84 heavy (non-hydrogen) atoms. The molecule has 1 spiro atoms. The number of pyridine rings is 1. The smallest absolute Gasteiger partial charge is 0.324 e.